The van der Waals surface area contributed by atoms with Crippen molar-refractivity contribution in [2.75, 3.05) is 5.32 Å². The molecule has 0 amide bonds. The zero-order valence-electron chi connectivity index (χ0n) is 10.3. The monoisotopic (exact) mass is 279 g/mol. The Bertz CT molecular complexity index is 606. The van der Waals surface area contributed by atoms with Crippen LogP contribution in [-0.4, -0.2) is 9.91 Å². The largest absolute Gasteiger partial charge is 0.381 e. The van der Waals surface area contributed by atoms with E-state index in [2.05, 4.69) is 10.3 Å². The first kappa shape index (κ1) is 13.9. The van der Waals surface area contributed by atoms with Gasteiger partial charge < -0.3 is 5.32 Å². The van der Waals surface area contributed by atoms with Crippen LogP contribution in [0.3, 0.4) is 0 Å². The Morgan fingerprint density at radius 3 is 2.75 bits per heavy atom. The molecule has 0 aliphatic heterocycles. The number of anilines is 1. The highest BCUT2D eigenvalue weighted by molar-refractivity contribution is 5.56. The van der Waals surface area contributed by atoms with Gasteiger partial charge in [0, 0.05) is 42.3 Å². The number of hydrogen-bond acceptors (Lipinski definition) is 4. The second-order valence-corrected chi connectivity index (χ2v) is 4.04. The van der Waals surface area contributed by atoms with Crippen LogP contribution >= 0.6 is 0 Å². The minimum atomic E-state index is -2.79. The van der Waals surface area contributed by atoms with Gasteiger partial charge in [0.05, 0.1) is 4.92 Å². The Morgan fingerprint density at radius 2 is 2.15 bits per heavy atom. The molecular weight excluding hydrogens is 268 g/mol. The van der Waals surface area contributed by atoms with E-state index in [9.17, 15) is 18.9 Å². The molecule has 0 saturated carbocycles. The summed E-state index contributed by atoms with van der Waals surface area (Å²) in [7, 11) is 0. The average Bonchev–Trinajstić information content (AvgIpc) is 2.45. The topological polar surface area (TPSA) is 68.1 Å². The predicted octanol–water partition coefficient (Wildman–Crippen LogP) is 3.54. The number of pyridine rings is 1. The van der Waals surface area contributed by atoms with Gasteiger partial charge in [-0.1, -0.05) is 6.07 Å². The number of aromatic nitrogens is 1. The van der Waals surface area contributed by atoms with Gasteiger partial charge >= 0.3 is 0 Å². The Balaban J connectivity index is 2.20. The van der Waals surface area contributed by atoms with Gasteiger partial charge in [-0.15, -0.1) is 0 Å². The first-order valence-corrected chi connectivity index (χ1v) is 5.77. The number of hydrogen-bond donors (Lipinski definition) is 1. The quantitative estimate of drug-likeness (QED) is 0.671. The summed E-state index contributed by atoms with van der Waals surface area (Å²) in [6.45, 7) is 0.311. The molecule has 2 aromatic rings. The predicted molar refractivity (Wildman–Crippen MR) is 69.6 cm³/mol. The average molecular weight is 279 g/mol. The maximum Gasteiger partial charge on any atom is 0.270 e. The summed E-state index contributed by atoms with van der Waals surface area (Å²) in [4.78, 5) is 13.8. The van der Waals surface area contributed by atoms with Gasteiger partial charge in [0.25, 0.3) is 12.1 Å². The molecule has 0 spiro atoms. The smallest absolute Gasteiger partial charge is 0.270 e. The van der Waals surface area contributed by atoms with Crippen molar-refractivity contribution >= 4 is 11.4 Å². The third kappa shape index (κ3) is 3.25. The Kier molecular flexibility index (Phi) is 4.19. The first-order valence-electron chi connectivity index (χ1n) is 5.77. The molecule has 0 unspecified atom stereocenters. The van der Waals surface area contributed by atoms with Crippen LogP contribution in [0.4, 0.5) is 20.2 Å². The number of rotatable bonds is 5. The van der Waals surface area contributed by atoms with E-state index in [0.717, 1.165) is 11.6 Å². The summed E-state index contributed by atoms with van der Waals surface area (Å²) in [5, 5.41) is 13.4. The minimum absolute atomic E-state index is 0.175. The molecule has 0 atom stereocenters. The molecule has 2 rings (SSSR count). The fraction of sp³-hybridized carbons (Fsp3) is 0.154. The summed E-state index contributed by atoms with van der Waals surface area (Å²) in [5.74, 6) is 0. The number of nitrogens with zero attached hydrogens (tertiary/aromatic N) is 2. The maximum atomic E-state index is 12.9. The van der Waals surface area contributed by atoms with Gasteiger partial charge in [-0.3, -0.25) is 15.1 Å². The van der Waals surface area contributed by atoms with Gasteiger partial charge in [-0.2, -0.15) is 0 Å². The van der Waals surface area contributed by atoms with Gasteiger partial charge in [-0.25, -0.2) is 8.78 Å². The third-order valence-corrected chi connectivity index (χ3v) is 2.69. The van der Waals surface area contributed by atoms with E-state index in [-0.39, 0.29) is 16.9 Å². The second kappa shape index (κ2) is 6.05. The lowest BCUT2D eigenvalue weighted by Gasteiger charge is -2.11. The fourth-order valence-corrected chi connectivity index (χ4v) is 1.71. The van der Waals surface area contributed by atoms with Gasteiger partial charge in [-0.05, 0) is 17.7 Å². The molecular formula is C13H11F2N3O2. The number of nitro benzene ring substituents is 1. The van der Waals surface area contributed by atoms with Crippen molar-refractivity contribution < 1.29 is 13.7 Å². The molecule has 0 saturated heterocycles. The van der Waals surface area contributed by atoms with E-state index in [1.54, 1.807) is 24.5 Å². The lowest BCUT2D eigenvalue weighted by atomic mass is 10.1. The van der Waals surface area contributed by atoms with Crippen molar-refractivity contribution in [2.24, 2.45) is 0 Å². The normalized spacial score (nSPS) is 10.6. The van der Waals surface area contributed by atoms with Crippen LogP contribution in [0.25, 0.3) is 0 Å². The first-order chi connectivity index (χ1) is 9.58. The van der Waals surface area contributed by atoms with E-state index >= 15 is 0 Å². The molecule has 0 aliphatic rings. The van der Waals surface area contributed by atoms with Gasteiger partial charge in [0.1, 0.15) is 0 Å². The Labute approximate surface area is 113 Å². The van der Waals surface area contributed by atoms with Crippen molar-refractivity contribution in [2.45, 2.75) is 13.0 Å². The molecule has 0 fully saturated rings. The van der Waals surface area contributed by atoms with Crippen molar-refractivity contribution in [3.05, 3.63) is 64.0 Å². The Hall–Kier alpha value is -2.57. The number of halogens is 2. The highest BCUT2D eigenvalue weighted by atomic mass is 19.3. The zero-order chi connectivity index (χ0) is 14.5. The number of alkyl halides is 2. The number of non-ortho nitro benzene ring substituents is 1. The summed E-state index contributed by atoms with van der Waals surface area (Å²) < 4.78 is 25.8. The van der Waals surface area contributed by atoms with Crippen molar-refractivity contribution in [1.82, 2.24) is 4.98 Å². The number of nitrogens with one attached hydrogen (secondary N) is 1. The molecule has 1 aromatic heterocycles. The summed E-state index contributed by atoms with van der Waals surface area (Å²) in [6.07, 6.45) is 0.437. The minimum Gasteiger partial charge on any atom is -0.381 e. The Morgan fingerprint density at radius 1 is 1.35 bits per heavy atom. The molecule has 0 radical (unpaired) electrons. The van der Waals surface area contributed by atoms with Crippen molar-refractivity contribution in [1.29, 1.82) is 0 Å². The van der Waals surface area contributed by atoms with Crippen LogP contribution in [0.1, 0.15) is 17.6 Å². The van der Waals surface area contributed by atoms with E-state index < -0.39 is 11.3 Å². The summed E-state index contributed by atoms with van der Waals surface area (Å²) in [6, 6.07) is 6.90. The fourth-order valence-electron chi connectivity index (χ4n) is 1.71. The van der Waals surface area contributed by atoms with Crippen LogP contribution < -0.4 is 5.32 Å². The molecule has 0 aliphatic carbocycles. The molecule has 1 aromatic carbocycles. The van der Waals surface area contributed by atoms with E-state index in [4.69, 9.17) is 0 Å². The molecule has 5 nitrogen and oxygen atoms in total. The van der Waals surface area contributed by atoms with Crippen LogP contribution in [0.2, 0.25) is 0 Å². The molecule has 1 heterocycles. The zero-order valence-corrected chi connectivity index (χ0v) is 10.3. The standard InChI is InChI=1S/C13H11F2N3O2/c14-13(15)11-6-10(18(19)20)3-4-12(11)17-8-9-2-1-5-16-7-9/h1-7,13,17H,8H2. The second-order valence-electron chi connectivity index (χ2n) is 4.04. The van der Waals surface area contributed by atoms with Crippen molar-refractivity contribution in [3.8, 4) is 0 Å². The molecule has 1 N–H and O–H groups in total. The van der Waals surface area contributed by atoms with Gasteiger partial charge in [0.15, 0.2) is 0 Å². The lowest BCUT2D eigenvalue weighted by molar-refractivity contribution is -0.385. The maximum absolute atomic E-state index is 12.9. The summed E-state index contributed by atoms with van der Waals surface area (Å²) in [5.41, 5.74) is 0.260. The molecule has 0 bridgehead atoms. The molecule has 104 valence electrons. The molecule has 7 heteroatoms. The van der Waals surface area contributed by atoms with Crippen molar-refractivity contribution in [3.63, 3.8) is 0 Å². The van der Waals surface area contributed by atoms with Crippen LogP contribution in [0, 0.1) is 10.1 Å². The van der Waals surface area contributed by atoms with E-state index in [1.807, 2.05) is 0 Å². The van der Waals surface area contributed by atoms with E-state index in [1.165, 1.54) is 12.1 Å². The lowest BCUT2D eigenvalue weighted by Crippen LogP contribution is -2.03. The van der Waals surface area contributed by atoms with Gasteiger partial charge in [0.2, 0.25) is 0 Å². The summed E-state index contributed by atoms with van der Waals surface area (Å²) >= 11 is 0. The van der Waals surface area contributed by atoms with Crippen LogP contribution in [0.5, 0.6) is 0 Å². The highest BCUT2D eigenvalue weighted by Crippen LogP contribution is 2.30. The highest BCUT2D eigenvalue weighted by Gasteiger charge is 2.17. The SMILES string of the molecule is O=[N+]([O-])c1ccc(NCc2cccnc2)c(C(F)F)c1. The van der Waals surface area contributed by atoms with Crippen LogP contribution in [0.15, 0.2) is 42.7 Å². The molecule has 20 heavy (non-hydrogen) atoms. The third-order valence-electron chi connectivity index (χ3n) is 2.69. The number of nitro groups is 1. The van der Waals surface area contributed by atoms with Crippen LogP contribution in [-0.2, 0) is 6.54 Å². The number of benzene rings is 1. The van der Waals surface area contributed by atoms with E-state index in [0.29, 0.717) is 6.54 Å².